The second kappa shape index (κ2) is 7.53. The molecule has 2 aromatic heterocycles. The van der Waals surface area contributed by atoms with Gasteiger partial charge in [-0.05, 0) is 54.0 Å². The average Bonchev–Trinajstić information content (AvgIpc) is 3.28. The van der Waals surface area contributed by atoms with Gasteiger partial charge in [0, 0.05) is 30.8 Å². The van der Waals surface area contributed by atoms with Crippen LogP contribution in [-0.2, 0) is 0 Å². The zero-order chi connectivity index (χ0) is 18.8. The van der Waals surface area contributed by atoms with Gasteiger partial charge in [-0.2, -0.15) is 0 Å². The highest BCUT2D eigenvalue weighted by Gasteiger charge is 2.40. The first kappa shape index (κ1) is 17.7. The summed E-state index contributed by atoms with van der Waals surface area (Å²) in [7, 11) is 0. The van der Waals surface area contributed by atoms with Crippen molar-refractivity contribution in [2.75, 3.05) is 6.54 Å². The fourth-order valence-corrected chi connectivity index (χ4v) is 4.02. The molecule has 1 N–H and O–H groups in total. The fraction of sp³-hybridized carbons (Fsp3) is 0.273. The molecule has 4 rings (SSSR count). The summed E-state index contributed by atoms with van der Waals surface area (Å²) in [4.78, 5) is 6.90. The maximum absolute atomic E-state index is 5.69. The van der Waals surface area contributed by atoms with Gasteiger partial charge >= 0.3 is 0 Å². The number of nitrogens with one attached hydrogen (secondary N) is 1. The Kier molecular flexibility index (Phi) is 4.94. The van der Waals surface area contributed by atoms with Crippen LogP contribution in [0.3, 0.4) is 0 Å². The summed E-state index contributed by atoms with van der Waals surface area (Å²) in [5.41, 5.74) is 3.41. The number of benzene rings is 1. The molecule has 0 amide bonds. The highest BCUT2D eigenvalue weighted by atomic mass is 32.1. The molecule has 3 heterocycles. The predicted octanol–water partition coefficient (Wildman–Crippen LogP) is 4.50. The molecule has 0 aliphatic carbocycles. The van der Waals surface area contributed by atoms with E-state index in [4.69, 9.17) is 12.2 Å². The van der Waals surface area contributed by atoms with Gasteiger partial charge < -0.3 is 14.8 Å². The number of nitrogens with zero attached hydrogens (tertiary/aromatic N) is 3. The zero-order valence-corrected chi connectivity index (χ0v) is 16.4. The van der Waals surface area contributed by atoms with Crippen LogP contribution in [0.5, 0.6) is 0 Å². The molecule has 4 nitrogen and oxygen atoms in total. The summed E-state index contributed by atoms with van der Waals surface area (Å²) < 4.78 is 2.17. The summed E-state index contributed by atoms with van der Waals surface area (Å²) in [6.45, 7) is 5.36. The number of hydrogen-bond acceptors (Lipinski definition) is 2. The molecule has 1 aliphatic heterocycles. The van der Waals surface area contributed by atoms with Gasteiger partial charge in [0.15, 0.2) is 5.11 Å². The Hall–Kier alpha value is -2.66. The van der Waals surface area contributed by atoms with E-state index in [1.54, 1.807) is 0 Å². The van der Waals surface area contributed by atoms with Crippen molar-refractivity contribution in [1.82, 2.24) is 19.8 Å². The molecular weight excluding hydrogens is 352 g/mol. The van der Waals surface area contributed by atoms with Crippen LogP contribution in [-0.4, -0.2) is 26.1 Å². The van der Waals surface area contributed by atoms with Crippen LogP contribution < -0.4 is 5.32 Å². The number of pyridine rings is 1. The molecule has 0 bridgehead atoms. The number of thiocarbonyl (C=S) groups is 1. The molecule has 1 saturated heterocycles. The monoisotopic (exact) mass is 376 g/mol. The van der Waals surface area contributed by atoms with Gasteiger partial charge in [0.1, 0.15) is 0 Å². The standard InChI is InChI=1S/C22H24N4S/c1-16(2)14-26-21(20(24-22(26)27)19-10-6-7-12-23-19)17-11-13-25(15-17)18-8-4-3-5-9-18/h3-13,15-16,20-21H,14H2,1-2H3,(H,24,27)/t20-,21-/m1/s1. The van der Waals surface area contributed by atoms with E-state index in [0.29, 0.717) is 5.92 Å². The Morgan fingerprint density at radius 3 is 2.56 bits per heavy atom. The lowest BCUT2D eigenvalue weighted by molar-refractivity contribution is 0.288. The molecule has 138 valence electrons. The van der Waals surface area contributed by atoms with Crippen molar-refractivity contribution in [1.29, 1.82) is 0 Å². The van der Waals surface area contributed by atoms with Crippen LogP contribution in [0.25, 0.3) is 5.69 Å². The molecule has 2 atom stereocenters. The summed E-state index contributed by atoms with van der Waals surface area (Å²) >= 11 is 5.69. The van der Waals surface area contributed by atoms with E-state index < -0.39 is 0 Å². The van der Waals surface area contributed by atoms with E-state index in [9.17, 15) is 0 Å². The summed E-state index contributed by atoms with van der Waals surface area (Å²) in [5, 5.41) is 4.31. The molecule has 1 aliphatic rings. The molecule has 3 aromatic rings. The lowest BCUT2D eigenvalue weighted by Crippen LogP contribution is -2.32. The van der Waals surface area contributed by atoms with Crippen molar-refractivity contribution in [2.45, 2.75) is 25.9 Å². The zero-order valence-electron chi connectivity index (χ0n) is 15.6. The number of para-hydroxylation sites is 1. The van der Waals surface area contributed by atoms with Crippen molar-refractivity contribution in [2.24, 2.45) is 5.92 Å². The van der Waals surface area contributed by atoms with E-state index in [-0.39, 0.29) is 12.1 Å². The van der Waals surface area contributed by atoms with Crippen molar-refractivity contribution in [3.05, 3.63) is 84.4 Å². The second-order valence-electron chi connectivity index (χ2n) is 7.36. The van der Waals surface area contributed by atoms with Crippen LogP contribution in [0.2, 0.25) is 0 Å². The van der Waals surface area contributed by atoms with E-state index >= 15 is 0 Å². The third-order valence-corrected chi connectivity index (χ3v) is 5.22. The Balaban J connectivity index is 1.73. The van der Waals surface area contributed by atoms with Crippen LogP contribution >= 0.6 is 12.2 Å². The van der Waals surface area contributed by atoms with Gasteiger partial charge in [-0.1, -0.05) is 38.1 Å². The number of hydrogen-bond donors (Lipinski definition) is 1. The van der Waals surface area contributed by atoms with Crippen LogP contribution in [0.4, 0.5) is 0 Å². The van der Waals surface area contributed by atoms with Gasteiger partial charge in [-0.15, -0.1) is 0 Å². The number of aromatic nitrogens is 2. The molecule has 0 unspecified atom stereocenters. The predicted molar refractivity (Wildman–Crippen MR) is 113 cm³/mol. The smallest absolute Gasteiger partial charge is 0.170 e. The van der Waals surface area contributed by atoms with Crippen LogP contribution in [0.1, 0.15) is 37.2 Å². The lowest BCUT2D eigenvalue weighted by Gasteiger charge is -2.28. The minimum atomic E-state index is 0.0454. The maximum Gasteiger partial charge on any atom is 0.170 e. The summed E-state index contributed by atoms with van der Waals surface area (Å²) in [5.74, 6) is 0.519. The SMILES string of the molecule is CC(C)CN1C(=S)N[C@H](c2ccccn2)[C@H]1c1ccn(-c2ccccc2)c1. The third kappa shape index (κ3) is 3.60. The molecule has 0 spiro atoms. The number of rotatable bonds is 5. The first-order chi connectivity index (χ1) is 13.1. The lowest BCUT2D eigenvalue weighted by atomic mass is 9.98. The highest BCUT2D eigenvalue weighted by molar-refractivity contribution is 7.80. The Bertz CT molecular complexity index is 904. The second-order valence-corrected chi connectivity index (χ2v) is 7.75. The molecule has 27 heavy (non-hydrogen) atoms. The van der Waals surface area contributed by atoms with Gasteiger partial charge in [0.2, 0.25) is 0 Å². The van der Waals surface area contributed by atoms with Crippen LogP contribution in [0.15, 0.2) is 73.2 Å². The topological polar surface area (TPSA) is 33.1 Å². The van der Waals surface area contributed by atoms with Crippen molar-refractivity contribution in [3.63, 3.8) is 0 Å². The summed E-state index contributed by atoms with van der Waals surface area (Å²) in [6.07, 6.45) is 6.17. The first-order valence-corrected chi connectivity index (χ1v) is 9.75. The largest absolute Gasteiger partial charge is 0.352 e. The van der Waals surface area contributed by atoms with E-state index in [0.717, 1.165) is 23.0 Å². The Labute approximate surface area is 165 Å². The normalized spacial score (nSPS) is 19.5. The Morgan fingerprint density at radius 2 is 1.85 bits per heavy atom. The van der Waals surface area contributed by atoms with Gasteiger partial charge in [-0.25, -0.2) is 0 Å². The molecule has 5 heteroatoms. The highest BCUT2D eigenvalue weighted by Crippen LogP contribution is 2.39. The van der Waals surface area contributed by atoms with Crippen molar-refractivity contribution >= 4 is 17.3 Å². The Morgan fingerprint density at radius 1 is 1.07 bits per heavy atom. The van der Waals surface area contributed by atoms with E-state index in [2.05, 4.69) is 82.4 Å². The first-order valence-electron chi connectivity index (χ1n) is 9.35. The quantitative estimate of drug-likeness (QED) is 0.665. The fourth-order valence-electron chi connectivity index (χ4n) is 3.71. The molecule has 1 aromatic carbocycles. The molecule has 0 saturated carbocycles. The van der Waals surface area contributed by atoms with Gasteiger partial charge in [-0.3, -0.25) is 4.98 Å². The third-order valence-electron chi connectivity index (χ3n) is 4.87. The van der Waals surface area contributed by atoms with Crippen molar-refractivity contribution < 1.29 is 0 Å². The van der Waals surface area contributed by atoms with Crippen LogP contribution in [0, 0.1) is 5.92 Å². The average molecular weight is 377 g/mol. The molecular formula is C22H24N4S. The molecule has 1 fully saturated rings. The minimum Gasteiger partial charge on any atom is -0.352 e. The van der Waals surface area contributed by atoms with E-state index in [1.165, 1.54) is 5.56 Å². The maximum atomic E-state index is 5.69. The minimum absolute atomic E-state index is 0.0454. The van der Waals surface area contributed by atoms with E-state index in [1.807, 2.05) is 24.4 Å². The van der Waals surface area contributed by atoms with Gasteiger partial charge in [0.25, 0.3) is 0 Å². The summed E-state index contributed by atoms with van der Waals surface area (Å²) in [6, 6.07) is 18.8. The van der Waals surface area contributed by atoms with Crippen molar-refractivity contribution in [3.8, 4) is 5.69 Å². The molecule has 0 radical (unpaired) electrons. The van der Waals surface area contributed by atoms with Gasteiger partial charge in [0.05, 0.1) is 17.8 Å².